The second kappa shape index (κ2) is 32.7. The second-order valence-corrected chi connectivity index (χ2v) is 14.2. The number of esters is 1. The van der Waals surface area contributed by atoms with E-state index in [4.69, 9.17) is 44.8 Å². The number of carbonyl (C=O) groups excluding carboxylic acids is 2. The second-order valence-electron chi connectivity index (χ2n) is 14.2. The minimum absolute atomic E-state index is 0.262. The fourth-order valence-corrected chi connectivity index (χ4v) is 5.38. The van der Waals surface area contributed by atoms with Crippen molar-refractivity contribution >= 4 is 41.7 Å². The summed E-state index contributed by atoms with van der Waals surface area (Å²) < 4.78 is 15.7. The summed E-state index contributed by atoms with van der Waals surface area (Å²) in [5.74, 6) is -6.95. The first kappa shape index (κ1) is 58.0. The third-order valence-corrected chi connectivity index (χ3v) is 8.67. The van der Waals surface area contributed by atoms with Gasteiger partial charge in [0.1, 0.15) is 30.5 Å². The van der Waals surface area contributed by atoms with Gasteiger partial charge in [-0.25, -0.2) is 24.0 Å². The molecule has 1 fully saturated rings. The number of aryl methyl sites for hydroxylation is 1. The molecule has 0 saturated carbocycles. The van der Waals surface area contributed by atoms with Crippen LogP contribution in [0.25, 0.3) is 0 Å². The van der Waals surface area contributed by atoms with Crippen LogP contribution in [0.3, 0.4) is 0 Å². The zero-order valence-corrected chi connectivity index (χ0v) is 36.6. The van der Waals surface area contributed by atoms with E-state index >= 15 is 0 Å². The molecule has 21 nitrogen and oxygen atoms in total. The van der Waals surface area contributed by atoms with Crippen molar-refractivity contribution in [1.82, 2.24) is 15.5 Å². The lowest BCUT2D eigenvalue weighted by molar-refractivity contribution is -0.165. The van der Waals surface area contributed by atoms with Gasteiger partial charge in [-0.2, -0.15) is 0 Å². The number of methoxy groups -OCH3 is 1. The largest absolute Gasteiger partial charge is 0.491 e. The number of carbonyl (C=O) groups is 7. The third-order valence-electron chi connectivity index (χ3n) is 8.67. The van der Waals surface area contributed by atoms with Crippen molar-refractivity contribution in [2.45, 2.75) is 102 Å². The van der Waals surface area contributed by atoms with Gasteiger partial charge in [-0.3, -0.25) is 14.9 Å². The van der Waals surface area contributed by atoms with Gasteiger partial charge in [-0.15, -0.1) is 0 Å². The van der Waals surface area contributed by atoms with Gasteiger partial charge in [0.15, 0.2) is 12.2 Å². The number of nitrogens with zero attached hydrogens (tertiary/aromatic N) is 1. The molecule has 3 rings (SSSR count). The van der Waals surface area contributed by atoms with Crippen LogP contribution in [0, 0.1) is 0 Å². The molecule has 1 aliphatic rings. The topological polar surface area (TPSA) is 336 Å². The first-order valence-corrected chi connectivity index (χ1v) is 20.2. The molecule has 6 atom stereocenters. The molecule has 1 heterocycles. The summed E-state index contributed by atoms with van der Waals surface area (Å²) in [6, 6.07) is 16.0. The van der Waals surface area contributed by atoms with Crippen LogP contribution in [0.5, 0.6) is 5.75 Å². The number of likely N-dealkylation sites (tertiary alicyclic amines) is 1. The van der Waals surface area contributed by atoms with Gasteiger partial charge in [-0.05, 0) is 69.2 Å². The lowest BCUT2D eigenvalue weighted by Crippen LogP contribution is -2.53. The summed E-state index contributed by atoms with van der Waals surface area (Å²) in [4.78, 5) is 76.4. The Hall–Kier alpha value is -5.97. The summed E-state index contributed by atoms with van der Waals surface area (Å²) in [6.07, 6.45) is -0.718. The Labute approximate surface area is 371 Å². The van der Waals surface area contributed by atoms with Crippen molar-refractivity contribution in [2.24, 2.45) is 0 Å². The number of ether oxygens (including phenoxy) is 3. The number of hydrogen-bond acceptors (Lipinski definition) is 15. The monoisotopic (exact) mass is 909 g/mol. The van der Waals surface area contributed by atoms with Gasteiger partial charge in [0.25, 0.3) is 0 Å². The minimum Gasteiger partial charge on any atom is -0.491 e. The van der Waals surface area contributed by atoms with Crippen LogP contribution in [0.2, 0.25) is 0 Å². The van der Waals surface area contributed by atoms with Gasteiger partial charge in [-0.1, -0.05) is 56.3 Å². The molecule has 1 unspecified atom stereocenters. The molecule has 1 saturated heterocycles. The SMILES string of the molecule is CCOC(=O)[C@H](CCc1ccccc1)N[C@@H](C)C(=O)N1CCC[C@H]1C(=O)O.COCCc1ccc(OCC(O)CNC(C)C)cc1.O=C(O)/C=C\C(=O)O.O=C(O)[C@H](O)[C@@H](O)C(=O)O. The van der Waals surface area contributed by atoms with Gasteiger partial charge >= 0.3 is 35.8 Å². The van der Waals surface area contributed by atoms with E-state index < -0.39 is 72.3 Å². The zero-order chi connectivity index (χ0) is 48.8. The number of aliphatic hydroxyl groups excluding tert-OH is 3. The fourth-order valence-electron chi connectivity index (χ4n) is 5.38. The Morgan fingerprint density at radius 2 is 1.34 bits per heavy atom. The molecule has 2 aromatic rings. The molecule has 1 amide bonds. The van der Waals surface area contributed by atoms with Crippen molar-refractivity contribution in [3.63, 3.8) is 0 Å². The number of aliphatic hydroxyl groups is 3. The maximum Gasteiger partial charge on any atom is 0.335 e. The number of benzene rings is 2. The molecule has 21 heteroatoms. The van der Waals surface area contributed by atoms with Crippen LogP contribution in [-0.2, 0) is 55.9 Å². The smallest absolute Gasteiger partial charge is 0.335 e. The lowest BCUT2D eigenvalue weighted by atomic mass is 10.0. The molecule has 64 heavy (non-hydrogen) atoms. The van der Waals surface area contributed by atoms with E-state index in [9.17, 15) is 43.8 Å². The number of nitrogens with one attached hydrogen (secondary N) is 2. The van der Waals surface area contributed by atoms with Crippen molar-refractivity contribution in [3.8, 4) is 5.75 Å². The van der Waals surface area contributed by atoms with Crippen LogP contribution in [0.1, 0.15) is 58.1 Å². The summed E-state index contributed by atoms with van der Waals surface area (Å²) in [7, 11) is 1.70. The van der Waals surface area contributed by atoms with Crippen molar-refractivity contribution in [2.75, 3.05) is 40.0 Å². The molecule has 0 aliphatic carbocycles. The van der Waals surface area contributed by atoms with Crippen LogP contribution in [0.15, 0.2) is 66.7 Å². The lowest BCUT2D eigenvalue weighted by Gasteiger charge is -2.27. The predicted molar refractivity (Wildman–Crippen MR) is 229 cm³/mol. The third kappa shape index (κ3) is 25.8. The van der Waals surface area contributed by atoms with Crippen molar-refractivity contribution in [1.29, 1.82) is 0 Å². The Morgan fingerprint density at radius 1 is 0.797 bits per heavy atom. The summed E-state index contributed by atoms with van der Waals surface area (Å²) in [5, 5.41) is 73.4. The van der Waals surface area contributed by atoms with E-state index in [1.54, 1.807) is 21.0 Å². The van der Waals surface area contributed by atoms with Crippen LogP contribution in [-0.4, -0.2) is 170 Å². The van der Waals surface area contributed by atoms with Crippen LogP contribution >= 0.6 is 0 Å². The van der Waals surface area contributed by atoms with Gasteiger partial charge in [0.05, 0.1) is 19.3 Å². The summed E-state index contributed by atoms with van der Waals surface area (Å²) >= 11 is 0. The molecular formula is C43H63N3O18. The number of aliphatic carboxylic acids is 5. The number of amides is 1. The molecule has 10 N–H and O–H groups in total. The minimum atomic E-state index is -2.27. The number of hydrogen-bond donors (Lipinski definition) is 10. The molecule has 0 bridgehead atoms. The molecule has 2 aromatic carbocycles. The van der Waals surface area contributed by atoms with Crippen molar-refractivity contribution in [3.05, 3.63) is 77.9 Å². The van der Waals surface area contributed by atoms with E-state index in [2.05, 4.69) is 10.6 Å². The highest BCUT2D eigenvalue weighted by Crippen LogP contribution is 2.19. The van der Waals surface area contributed by atoms with E-state index in [0.29, 0.717) is 63.6 Å². The molecule has 0 radical (unpaired) electrons. The quantitative estimate of drug-likeness (QED) is 0.0545. The van der Waals surface area contributed by atoms with Gasteiger partial charge in [0.2, 0.25) is 5.91 Å². The fraction of sp³-hybridized carbons (Fsp3) is 0.512. The Kier molecular flexibility index (Phi) is 29.6. The Bertz CT molecular complexity index is 1710. The highest BCUT2D eigenvalue weighted by atomic mass is 16.5. The Balaban J connectivity index is 0.000000927. The number of carboxylic acid groups (broad SMARTS) is 5. The molecule has 358 valence electrons. The Morgan fingerprint density at radius 3 is 1.81 bits per heavy atom. The average molecular weight is 910 g/mol. The number of rotatable bonds is 23. The first-order chi connectivity index (χ1) is 30.1. The highest BCUT2D eigenvalue weighted by Gasteiger charge is 2.37. The van der Waals surface area contributed by atoms with E-state index in [1.807, 2.05) is 68.4 Å². The maximum absolute atomic E-state index is 12.7. The molecule has 1 aliphatic heterocycles. The first-order valence-electron chi connectivity index (χ1n) is 20.2. The highest BCUT2D eigenvalue weighted by molar-refractivity contribution is 5.90. The maximum atomic E-state index is 12.7. The van der Waals surface area contributed by atoms with E-state index in [0.717, 1.165) is 24.3 Å². The molecule has 0 spiro atoms. The van der Waals surface area contributed by atoms with Gasteiger partial charge in [0, 0.05) is 38.4 Å². The summed E-state index contributed by atoms with van der Waals surface area (Å²) in [5.41, 5.74) is 2.31. The zero-order valence-electron chi connectivity index (χ0n) is 36.6. The average Bonchev–Trinajstić information content (AvgIpc) is 3.76. The van der Waals surface area contributed by atoms with Crippen LogP contribution < -0.4 is 15.4 Å². The number of carboxylic acids is 5. The standard InChI is InChI=1S/C20H28N2O5.C15H25NO3.C4H6O6.C4H4O4/c1-3-27-20(26)16(12-11-15-8-5-4-6-9-15)21-14(2)18(23)22-13-7-10-17(22)19(24)25;1-12(2)16-10-14(17)11-19-15-6-4-13(5-7-15)8-9-18-3;5-1(3(7)8)2(6)4(9)10;5-3(6)1-2-4(7)8/h4-6,8-9,14,16-17,21H,3,7,10-13H2,1-2H3,(H,24,25);4-7,12,14,16-17H,8-11H2,1-3H3;1-2,5-6H,(H,7,8)(H,9,10);1-2H,(H,5,6)(H,7,8)/b;;;2-1-/t14-,16-,17-;;1-,2-;/m0.1./s1. The predicted octanol–water partition coefficient (Wildman–Crippen LogP) is 0.807. The summed E-state index contributed by atoms with van der Waals surface area (Å²) in [6.45, 7) is 9.75. The van der Waals surface area contributed by atoms with Crippen molar-refractivity contribution < 1.29 is 88.6 Å². The van der Waals surface area contributed by atoms with Gasteiger partial charge < -0.3 is 65.3 Å². The molecular weight excluding hydrogens is 846 g/mol. The molecule has 0 aromatic heterocycles. The van der Waals surface area contributed by atoms with E-state index in [-0.39, 0.29) is 12.5 Å². The normalized spacial score (nSPS) is 15.3. The van der Waals surface area contributed by atoms with Crippen LogP contribution in [0.4, 0.5) is 0 Å². The van der Waals surface area contributed by atoms with E-state index in [1.165, 1.54) is 10.5 Å².